The van der Waals surface area contributed by atoms with Crippen LogP contribution in [0.5, 0.6) is 5.75 Å². The van der Waals surface area contributed by atoms with Crippen LogP contribution in [0.1, 0.15) is 90.4 Å². The molecule has 4 unspecified atom stereocenters. The molecule has 4 atom stereocenters. The molecule has 0 spiro atoms. The summed E-state index contributed by atoms with van der Waals surface area (Å²) < 4.78 is 31.8. The van der Waals surface area contributed by atoms with Crippen molar-refractivity contribution in [3.05, 3.63) is 29.8 Å². The highest BCUT2D eigenvalue weighted by Gasteiger charge is 2.39. The first kappa shape index (κ1) is 22.7. The highest BCUT2D eigenvalue weighted by Crippen LogP contribution is 2.49. The van der Waals surface area contributed by atoms with Gasteiger partial charge in [-0.05, 0) is 99.5 Å². The van der Waals surface area contributed by atoms with Gasteiger partial charge in [0.15, 0.2) is 11.6 Å². The van der Waals surface area contributed by atoms with Gasteiger partial charge in [-0.1, -0.05) is 32.6 Å². The fourth-order valence-electron chi connectivity index (χ4n) is 6.77. The predicted molar refractivity (Wildman–Crippen MR) is 119 cm³/mol. The van der Waals surface area contributed by atoms with Gasteiger partial charge in [0.25, 0.3) is 0 Å². The van der Waals surface area contributed by atoms with Crippen LogP contribution in [0.3, 0.4) is 0 Å². The maximum Gasteiger partial charge on any atom is 0.314 e. The molecule has 1 aromatic rings. The van der Waals surface area contributed by atoms with E-state index in [0.29, 0.717) is 0 Å². The van der Waals surface area contributed by atoms with E-state index in [-0.39, 0.29) is 17.6 Å². The van der Waals surface area contributed by atoms with E-state index in [0.717, 1.165) is 67.4 Å². The number of halogens is 2. The van der Waals surface area contributed by atoms with Gasteiger partial charge in [0.05, 0.1) is 5.92 Å². The zero-order valence-electron chi connectivity index (χ0n) is 19.0. The molecule has 172 valence electrons. The summed E-state index contributed by atoms with van der Waals surface area (Å²) in [4.78, 5) is 12.5. The van der Waals surface area contributed by atoms with Crippen LogP contribution in [0.25, 0.3) is 0 Å². The third-order valence-electron chi connectivity index (χ3n) is 8.61. The lowest BCUT2D eigenvalue weighted by Crippen LogP contribution is -2.35. The van der Waals surface area contributed by atoms with Crippen molar-refractivity contribution >= 4 is 5.97 Å². The smallest absolute Gasteiger partial charge is 0.314 e. The molecule has 3 aliphatic carbocycles. The Balaban J connectivity index is 1.22. The molecule has 4 rings (SSSR count). The van der Waals surface area contributed by atoms with Crippen molar-refractivity contribution in [3.63, 3.8) is 0 Å². The van der Waals surface area contributed by atoms with E-state index in [1.807, 2.05) is 0 Å². The Morgan fingerprint density at radius 3 is 2.23 bits per heavy atom. The highest BCUT2D eigenvalue weighted by molar-refractivity contribution is 5.75. The molecule has 0 heterocycles. The van der Waals surface area contributed by atoms with E-state index >= 15 is 0 Å². The minimum Gasteiger partial charge on any atom is -0.426 e. The second kappa shape index (κ2) is 10.4. The van der Waals surface area contributed by atoms with Crippen LogP contribution in [0.15, 0.2) is 18.2 Å². The first-order valence-corrected chi connectivity index (χ1v) is 12.7. The van der Waals surface area contributed by atoms with Crippen molar-refractivity contribution in [3.8, 4) is 5.75 Å². The number of fused-ring (bicyclic) bond motifs is 1. The SMILES string of the molecule is CCCCC1CCC2CC(C3CCC(C(=O)Oc4ccc(F)c(F)c4)CC3)CCC2C1. The normalized spacial score (nSPS) is 33.5. The van der Waals surface area contributed by atoms with Gasteiger partial charge in [0, 0.05) is 6.07 Å². The Hall–Kier alpha value is -1.45. The number of benzene rings is 1. The summed E-state index contributed by atoms with van der Waals surface area (Å²) in [5.74, 6) is 2.24. The van der Waals surface area contributed by atoms with E-state index in [2.05, 4.69) is 6.92 Å². The van der Waals surface area contributed by atoms with Gasteiger partial charge in [-0.25, -0.2) is 8.78 Å². The number of esters is 1. The summed E-state index contributed by atoms with van der Waals surface area (Å²) in [5, 5.41) is 0. The fourth-order valence-corrected chi connectivity index (χ4v) is 6.77. The number of rotatable bonds is 6. The van der Waals surface area contributed by atoms with Crippen molar-refractivity contribution in [2.45, 2.75) is 90.4 Å². The van der Waals surface area contributed by atoms with Crippen LogP contribution in [0, 0.1) is 47.1 Å². The number of carbonyl (C=O) groups is 1. The third-order valence-corrected chi connectivity index (χ3v) is 8.61. The molecule has 0 aromatic heterocycles. The second-order valence-corrected chi connectivity index (χ2v) is 10.5. The van der Waals surface area contributed by atoms with Gasteiger partial charge in [-0.3, -0.25) is 4.79 Å². The van der Waals surface area contributed by atoms with Crippen molar-refractivity contribution in [1.29, 1.82) is 0 Å². The van der Waals surface area contributed by atoms with Crippen LogP contribution in [-0.4, -0.2) is 5.97 Å². The van der Waals surface area contributed by atoms with Gasteiger partial charge >= 0.3 is 5.97 Å². The first-order valence-electron chi connectivity index (χ1n) is 12.7. The minimum absolute atomic E-state index is 0.0962. The van der Waals surface area contributed by atoms with E-state index in [4.69, 9.17) is 4.74 Å². The van der Waals surface area contributed by atoms with Crippen LogP contribution in [-0.2, 0) is 4.79 Å². The maximum absolute atomic E-state index is 13.4. The van der Waals surface area contributed by atoms with Crippen molar-refractivity contribution in [2.24, 2.45) is 35.5 Å². The van der Waals surface area contributed by atoms with Gasteiger partial charge in [0.2, 0.25) is 0 Å². The average Bonchev–Trinajstić information content (AvgIpc) is 2.79. The Labute approximate surface area is 186 Å². The van der Waals surface area contributed by atoms with Gasteiger partial charge in [-0.2, -0.15) is 0 Å². The van der Waals surface area contributed by atoms with Gasteiger partial charge in [0.1, 0.15) is 5.75 Å². The summed E-state index contributed by atoms with van der Waals surface area (Å²) in [6, 6.07) is 3.27. The van der Waals surface area contributed by atoms with E-state index in [1.165, 1.54) is 63.9 Å². The molecule has 4 heteroatoms. The number of unbranched alkanes of at least 4 members (excludes halogenated alkanes) is 1. The Kier molecular flexibility index (Phi) is 7.66. The van der Waals surface area contributed by atoms with Crippen molar-refractivity contribution in [2.75, 3.05) is 0 Å². The average molecular weight is 433 g/mol. The molecule has 3 fully saturated rings. The summed E-state index contributed by atoms with van der Waals surface area (Å²) in [6.45, 7) is 2.30. The standard InChI is InChI=1S/C27H38F2O2/c1-2-3-4-18-5-6-23-16-22(12-11-21(23)15-18)19-7-9-20(10-8-19)27(30)31-24-13-14-25(28)26(29)17-24/h13-14,17-23H,2-12,15-16H2,1H3. The minimum atomic E-state index is -0.982. The molecular weight excluding hydrogens is 394 g/mol. The van der Waals surface area contributed by atoms with E-state index in [1.54, 1.807) is 0 Å². The molecule has 2 nitrogen and oxygen atoms in total. The zero-order chi connectivity index (χ0) is 21.8. The molecule has 0 radical (unpaired) electrons. The first-order chi connectivity index (χ1) is 15.0. The van der Waals surface area contributed by atoms with Crippen molar-refractivity contribution in [1.82, 2.24) is 0 Å². The summed E-state index contributed by atoms with van der Waals surface area (Å²) in [5.41, 5.74) is 0. The van der Waals surface area contributed by atoms with Crippen LogP contribution < -0.4 is 4.74 Å². The lowest BCUT2D eigenvalue weighted by molar-refractivity contribution is -0.140. The van der Waals surface area contributed by atoms with Crippen molar-refractivity contribution < 1.29 is 18.3 Å². The molecular formula is C27H38F2O2. The molecule has 0 amide bonds. The molecule has 0 saturated heterocycles. The Morgan fingerprint density at radius 2 is 1.52 bits per heavy atom. The Bertz CT molecular complexity index is 741. The molecule has 0 N–H and O–H groups in total. The number of hydrogen-bond acceptors (Lipinski definition) is 2. The molecule has 31 heavy (non-hydrogen) atoms. The lowest BCUT2D eigenvalue weighted by Gasteiger charge is -2.45. The molecule has 3 saturated carbocycles. The molecule has 0 aliphatic heterocycles. The lowest BCUT2D eigenvalue weighted by atomic mass is 9.60. The highest BCUT2D eigenvalue weighted by atomic mass is 19.2. The van der Waals surface area contributed by atoms with Gasteiger partial charge < -0.3 is 4.74 Å². The summed E-state index contributed by atoms with van der Waals surface area (Å²) >= 11 is 0. The number of ether oxygens (including phenoxy) is 1. The predicted octanol–water partition coefficient (Wildman–Crippen LogP) is 7.70. The molecule has 0 bridgehead atoms. The van der Waals surface area contributed by atoms with Crippen LogP contribution >= 0.6 is 0 Å². The summed E-state index contributed by atoms with van der Waals surface area (Å²) in [6.07, 6.45) is 16.6. The monoisotopic (exact) mass is 432 g/mol. The topological polar surface area (TPSA) is 26.3 Å². The molecule has 3 aliphatic rings. The quantitative estimate of drug-likeness (QED) is 0.340. The maximum atomic E-state index is 13.4. The van der Waals surface area contributed by atoms with Crippen LogP contribution in [0.4, 0.5) is 8.78 Å². The van der Waals surface area contributed by atoms with E-state index < -0.39 is 11.6 Å². The summed E-state index contributed by atoms with van der Waals surface area (Å²) in [7, 11) is 0. The van der Waals surface area contributed by atoms with E-state index in [9.17, 15) is 13.6 Å². The second-order valence-electron chi connectivity index (χ2n) is 10.5. The number of hydrogen-bond donors (Lipinski definition) is 0. The number of carbonyl (C=O) groups excluding carboxylic acids is 1. The third kappa shape index (κ3) is 5.68. The fraction of sp³-hybridized carbons (Fsp3) is 0.741. The van der Waals surface area contributed by atoms with Gasteiger partial charge in [-0.15, -0.1) is 0 Å². The van der Waals surface area contributed by atoms with Crippen LogP contribution in [0.2, 0.25) is 0 Å². The largest absolute Gasteiger partial charge is 0.426 e. The zero-order valence-corrected chi connectivity index (χ0v) is 19.0. The molecule has 1 aromatic carbocycles. The Morgan fingerprint density at radius 1 is 0.871 bits per heavy atom.